The van der Waals surface area contributed by atoms with Gasteiger partial charge in [-0.2, -0.15) is 14.6 Å². The minimum absolute atomic E-state index is 0.192. The third-order valence-electron chi connectivity index (χ3n) is 4.14. The molecule has 0 bridgehead atoms. The fourth-order valence-corrected chi connectivity index (χ4v) is 3.74. The molecule has 8 heteroatoms. The molecule has 0 saturated heterocycles. The van der Waals surface area contributed by atoms with Crippen LogP contribution in [0.3, 0.4) is 0 Å². The van der Waals surface area contributed by atoms with Crippen LogP contribution in [0.1, 0.15) is 5.56 Å². The zero-order chi connectivity index (χ0) is 18.2. The van der Waals surface area contributed by atoms with Crippen molar-refractivity contribution in [2.45, 2.75) is 0 Å². The predicted molar refractivity (Wildman–Crippen MR) is 103 cm³/mol. The molecule has 1 aromatic carbocycles. The summed E-state index contributed by atoms with van der Waals surface area (Å²) >= 11 is 1.31. The Morgan fingerprint density at radius 1 is 1.04 bits per heavy atom. The number of rotatable bonds is 3. The van der Waals surface area contributed by atoms with E-state index in [1.165, 1.54) is 15.9 Å². The second-order valence-corrected chi connectivity index (χ2v) is 6.86. The lowest BCUT2D eigenvalue weighted by Gasteiger charge is -1.98. The van der Waals surface area contributed by atoms with Crippen molar-refractivity contribution in [3.05, 3.63) is 81.5 Å². The topological polar surface area (TPSA) is 88.8 Å². The van der Waals surface area contributed by atoms with Crippen LogP contribution in [-0.4, -0.2) is 29.8 Å². The van der Waals surface area contributed by atoms with Crippen LogP contribution >= 0.6 is 11.3 Å². The minimum Gasteiger partial charge on any atom is -0.277 e. The Hall–Kier alpha value is -3.65. The molecule has 0 radical (unpaired) electrons. The third kappa shape index (κ3) is 2.72. The van der Waals surface area contributed by atoms with Crippen LogP contribution in [0.25, 0.3) is 33.7 Å². The van der Waals surface area contributed by atoms with Gasteiger partial charge in [-0.05, 0) is 18.2 Å². The summed E-state index contributed by atoms with van der Waals surface area (Å²) in [5.41, 5.74) is 3.35. The van der Waals surface area contributed by atoms with Crippen LogP contribution in [0.15, 0.2) is 65.8 Å². The molecule has 5 aromatic rings. The number of fused-ring (bicyclic) bond motifs is 1. The van der Waals surface area contributed by atoms with E-state index in [0.717, 1.165) is 22.4 Å². The number of aromatic amines is 1. The molecule has 5 rings (SSSR count). The molecule has 0 atom stereocenters. The Bertz CT molecular complexity index is 1340. The van der Waals surface area contributed by atoms with Crippen LogP contribution in [0.5, 0.6) is 0 Å². The normalized spacial score (nSPS) is 12.1. The van der Waals surface area contributed by atoms with Crippen molar-refractivity contribution in [1.29, 1.82) is 0 Å². The Labute approximate surface area is 156 Å². The first-order valence-electron chi connectivity index (χ1n) is 8.20. The molecule has 27 heavy (non-hydrogen) atoms. The molecule has 0 aliphatic rings. The van der Waals surface area contributed by atoms with E-state index >= 15 is 0 Å². The monoisotopic (exact) mass is 372 g/mol. The highest BCUT2D eigenvalue weighted by Crippen LogP contribution is 2.21. The fourth-order valence-electron chi connectivity index (χ4n) is 2.84. The zero-order valence-electron chi connectivity index (χ0n) is 13.9. The van der Waals surface area contributed by atoms with E-state index in [-0.39, 0.29) is 5.56 Å². The van der Waals surface area contributed by atoms with E-state index in [0.29, 0.717) is 15.3 Å². The van der Waals surface area contributed by atoms with E-state index in [2.05, 4.69) is 25.3 Å². The maximum atomic E-state index is 12.7. The van der Waals surface area contributed by atoms with Gasteiger partial charge in [0.05, 0.1) is 16.4 Å². The summed E-state index contributed by atoms with van der Waals surface area (Å²) in [7, 11) is 0. The van der Waals surface area contributed by atoms with E-state index < -0.39 is 0 Å². The largest absolute Gasteiger partial charge is 0.291 e. The maximum absolute atomic E-state index is 12.7. The van der Waals surface area contributed by atoms with Gasteiger partial charge in [0.2, 0.25) is 4.96 Å². The van der Waals surface area contributed by atoms with Crippen molar-refractivity contribution in [2.75, 3.05) is 0 Å². The van der Waals surface area contributed by atoms with Crippen molar-refractivity contribution in [3.63, 3.8) is 0 Å². The number of H-pyrrole nitrogens is 1. The van der Waals surface area contributed by atoms with Crippen molar-refractivity contribution < 1.29 is 0 Å². The van der Waals surface area contributed by atoms with Gasteiger partial charge in [0, 0.05) is 29.1 Å². The van der Waals surface area contributed by atoms with E-state index in [9.17, 15) is 4.79 Å². The lowest BCUT2D eigenvalue weighted by molar-refractivity contribution is 0.936. The Kier molecular flexibility index (Phi) is 3.61. The van der Waals surface area contributed by atoms with Gasteiger partial charge in [-0.15, -0.1) is 5.10 Å². The summed E-state index contributed by atoms with van der Waals surface area (Å²) in [6.45, 7) is 0. The summed E-state index contributed by atoms with van der Waals surface area (Å²) in [6.07, 6.45) is 6.87. The highest BCUT2D eigenvalue weighted by atomic mass is 32.1. The van der Waals surface area contributed by atoms with E-state index in [4.69, 9.17) is 0 Å². The lowest BCUT2D eigenvalue weighted by atomic mass is 10.1. The van der Waals surface area contributed by atoms with Crippen molar-refractivity contribution in [1.82, 2.24) is 29.8 Å². The number of aromatic nitrogens is 6. The summed E-state index contributed by atoms with van der Waals surface area (Å²) in [5, 5.41) is 11.5. The molecule has 0 unspecified atom stereocenters. The van der Waals surface area contributed by atoms with Crippen LogP contribution in [-0.2, 0) is 0 Å². The number of hydrogen-bond acceptors (Lipinski definition) is 6. The first-order chi connectivity index (χ1) is 13.3. The SMILES string of the molecule is O=c1c(=Cc2cn[nH]c2-c2ccccc2)sc2nc(-c3ccncc3)nn12. The molecule has 0 fully saturated rings. The molecule has 0 aliphatic heterocycles. The van der Waals surface area contributed by atoms with E-state index in [1.54, 1.807) is 18.6 Å². The van der Waals surface area contributed by atoms with Crippen LogP contribution in [0.4, 0.5) is 0 Å². The van der Waals surface area contributed by atoms with Gasteiger partial charge in [-0.3, -0.25) is 14.9 Å². The highest BCUT2D eigenvalue weighted by molar-refractivity contribution is 7.15. The van der Waals surface area contributed by atoms with Gasteiger partial charge in [-0.25, -0.2) is 0 Å². The molecule has 0 spiro atoms. The number of benzene rings is 1. The summed E-state index contributed by atoms with van der Waals surface area (Å²) in [4.78, 5) is 21.8. The molecule has 4 aromatic heterocycles. The van der Waals surface area contributed by atoms with Crippen molar-refractivity contribution in [2.24, 2.45) is 0 Å². The second kappa shape index (κ2) is 6.26. The van der Waals surface area contributed by atoms with Crippen LogP contribution in [0, 0.1) is 0 Å². The van der Waals surface area contributed by atoms with Gasteiger partial charge in [0.15, 0.2) is 5.82 Å². The fraction of sp³-hybridized carbons (Fsp3) is 0. The van der Waals surface area contributed by atoms with Gasteiger partial charge in [-0.1, -0.05) is 41.7 Å². The van der Waals surface area contributed by atoms with Gasteiger partial charge >= 0.3 is 0 Å². The molecular weight excluding hydrogens is 360 g/mol. The average Bonchev–Trinajstić information content (AvgIpc) is 3.41. The molecular formula is C19H12N6OS. The van der Waals surface area contributed by atoms with Gasteiger partial charge in [0.1, 0.15) is 0 Å². The van der Waals surface area contributed by atoms with Crippen molar-refractivity contribution >= 4 is 22.4 Å². The van der Waals surface area contributed by atoms with Gasteiger partial charge in [0.25, 0.3) is 5.56 Å². The minimum atomic E-state index is -0.192. The number of hydrogen-bond donors (Lipinski definition) is 1. The maximum Gasteiger partial charge on any atom is 0.291 e. The lowest BCUT2D eigenvalue weighted by Crippen LogP contribution is -2.23. The zero-order valence-corrected chi connectivity index (χ0v) is 14.7. The Balaban J connectivity index is 1.61. The Morgan fingerprint density at radius 3 is 2.63 bits per heavy atom. The van der Waals surface area contributed by atoms with E-state index in [1.807, 2.05) is 48.5 Å². The standard InChI is InChI=1S/C19H12N6OS/c26-18-15(10-14-11-21-23-16(14)12-4-2-1-3-5-12)27-19-22-17(24-25(18)19)13-6-8-20-9-7-13/h1-11H,(H,21,23). The third-order valence-corrected chi connectivity index (χ3v) is 5.10. The first kappa shape index (κ1) is 15.6. The number of thiazole rings is 1. The molecule has 0 aliphatic carbocycles. The summed E-state index contributed by atoms with van der Waals surface area (Å²) in [5.74, 6) is 0.514. The smallest absolute Gasteiger partial charge is 0.277 e. The molecule has 0 saturated carbocycles. The Morgan fingerprint density at radius 2 is 1.85 bits per heavy atom. The average molecular weight is 372 g/mol. The predicted octanol–water partition coefficient (Wildman–Crippen LogP) is 2.15. The second-order valence-electron chi connectivity index (χ2n) is 5.85. The number of nitrogens with one attached hydrogen (secondary N) is 1. The first-order valence-corrected chi connectivity index (χ1v) is 9.02. The number of nitrogens with zero attached hydrogens (tertiary/aromatic N) is 5. The molecule has 0 amide bonds. The molecule has 130 valence electrons. The summed E-state index contributed by atoms with van der Waals surface area (Å²) < 4.78 is 1.90. The highest BCUT2D eigenvalue weighted by Gasteiger charge is 2.13. The van der Waals surface area contributed by atoms with Crippen LogP contribution in [0.2, 0.25) is 0 Å². The molecule has 7 nitrogen and oxygen atoms in total. The quantitative estimate of drug-likeness (QED) is 0.524. The number of pyridine rings is 1. The summed E-state index contributed by atoms with van der Waals surface area (Å²) in [6, 6.07) is 13.5. The molecule has 1 N–H and O–H groups in total. The van der Waals surface area contributed by atoms with Crippen LogP contribution < -0.4 is 10.1 Å². The molecule has 4 heterocycles. The van der Waals surface area contributed by atoms with Crippen molar-refractivity contribution in [3.8, 4) is 22.6 Å². The van der Waals surface area contributed by atoms with Gasteiger partial charge < -0.3 is 0 Å².